The lowest BCUT2D eigenvalue weighted by Crippen LogP contribution is -2.41. The molecule has 5 heteroatoms. The van der Waals surface area contributed by atoms with Gasteiger partial charge in [0.15, 0.2) is 0 Å². The topological polar surface area (TPSA) is 55.6 Å². The molecule has 0 aromatic carbocycles. The molecule has 1 saturated heterocycles. The molecule has 1 amide bonds. The molecular formula is C12H18N2O2S. The molecule has 1 aliphatic heterocycles. The number of nitrogens with two attached hydrogens (primary N) is 1. The van der Waals surface area contributed by atoms with Crippen molar-refractivity contribution in [1.29, 1.82) is 0 Å². The number of thiophene rings is 1. The van der Waals surface area contributed by atoms with E-state index in [1.54, 1.807) is 7.11 Å². The minimum atomic E-state index is 0.0787. The molecule has 0 aliphatic carbocycles. The van der Waals surface area contributed by atoms with E-state index < -0.39 is 0 Å². The number of likely N-dealkylation sites (tertiary alicyclic amines) is 1. The van der Waals surface area contributed by atoms with Crippen LogP contribution in [0.5, 0.6) is 5.75 Å². The first-order chi connectivity index (χ1) is 8.26. The molecule has 1 aliphatic rings. The number of carbonyl (C=O) groups excluding carboxylic acids is 1. The molecule has 1 atom stereocenters. The van der Waals surface area contributed by atoms with Gasteiger partial charge in [-0.15, -0.1) is 11.3 Å². The van der Waals surface area contributed by atoms with Crippen LogP contribution >= 0.6 is 11.3 Å². The lowest BCUT2D eigenvalue weighted by Gasteiger charge is -2.32. The fraction of sp³-hybridized carbons (Fsp3) is 0.583. The van der Waals surface area contributed by atoms with Crippen molar-refractivity contribution in [2.45, 2.75) is 12.8 Å². The van der Waals surface area contributed by atoms with E-state index in [9.17, 15) is 4.79 Å². The van der Waals surface area contributed by atoms with Gasteiger partial charge < -0.3 is 15.4 Å². The molecule has 0 bridgehead atoms. The van der Waals surface area contributed by atoms with E-state index in [2.05, 4.69) is 0 Å². The highest BCUT2D eigenvalue weighted by Gasteiger charge is 2.26. The summed E-state index contributed by atoms with van der Waals surface area (Å²) in [6, 6.07) is 1.84. The predicted octanol–water partition coefficient (Wildman–Crippen LogP) is 1.57. The van der Waals surface area contributed by atoms with Crippen LogP contribution in [0.15, 0.2) is 11.4 Å². The zero-order valence-electron chi connectivity index (χ0n) is 10.0. The van der Waals surface area contributed by atoms with Crippen LogP contribution in [0.2, 0.25) is 0 Å². The average molecular weight is 254 g/mol. The van der Waals surface area contributed by atoms with Crippen LogP contribution < -0.4 is 10.5 Å². The molecule has 1 fully saturated rings. The summed E-state index contributed by atoms with van der Waals surface area (Å²) >= 11 is 1.44. The smallest absolute Gasteiger partial charge is 0.267 e. The van der Waals surface area contributed by atoms with Crippen molar-refractivity contribution in [3.8, 4) is 5.75 Å². The van der Waals surface area contributed by atoms with E-state index in [-0.39, 0.29) is 5.91 Å². The molecule has 2 heterocycles. The highest BCUT2D eigenvalue weighted by molar-refractivity contribution is 7.12. The molecule has 94 valence electrons. The minimum absolute atomic E-state index is 0.0787. The SMILES string of the molecule is COc1ccsc1C(=O)N1CCCC(CN)C1. The minimum Gasteiger partial charge on any atom is -0.495 e. The van der Waals surface area contributed by atoms with Crippen molar-refractivity contribution in [2.24, 2.45) is 11.7 Å². The first-order valence-electron chi connectivity index (χ1n) is 5.87. The van der Waals surface area contributed by atoms with E-state index in [4.69, 9.17) is 10.5 Å². The first-order valence-corrected chi connectivity index (χ1v) is 6.75. The van der Waals surface area contributed by atoms with Gasteiger partial charge in [0.1, 0.15) is 10.6 Å². The number of methoxy groups -OCH3 is 1. The van der Waals surface area contributed by atoms with Crippen LogP contribution in [0.1, 0.15) is 22.5 Å². The second-order valence-electron chi connectivity index (χ2n) is 4.31. The Hall–Kier alpha value is -1.07. The van der Waals surface area contributed by atoms with Crippen molar-refractivity contribution in [1.82, 2.24) is 4.90 Å². The molecule has 17 heavy (non-hydrogen) atoms. The summed E-state index contributed by atoms with van der Waals surface area (Å²) in [7, 11) is 1.59. The molecule has 4 nitrogen and oxygen atoms in total. The molecule has 2 N–H and O–H groups in total. The Morgan fingerprint density at radius 2 is 2.53 bits per heavy atom. The summed E-state index contributed by atoms with van der Waals surface area (Å²) in [6.07, 6.45) is 2.17. The number of ether oxygens (including phenoxy) is 1. The van der Waals surface area contributed by atoms with Crippen molar-refractivity contribution < 1.29 is 9.53 Å². The van der Waals surface area contributed by atoms with E-state index in [0.717, 1.165) is 25.9 Å². The second kappa shape index (κ2) is 5.51. The number of rotatable bonds is 3. The highest BCUT2D eigenvalue weighted by Crippen LogP contribution is 2.27. The number of hydrogen-bond acceptors (Lipinski definition) is 4. The number of nitrogens with zero attached hydrogens (tertiary/aromatic N) is 1. The van der Waals surface area contributed by atoms with Gasteiger partial charge in [-0.25, -0.2) is 0 Å². The molecule has 2 rings (SSSR count). The van der Waals surface area contributed by atoms with Gasteiger partial charge in [0.05, 0.1) is 7.11 Å². The van der Waals surface area contributed by atoms with Crippen molar-refractivity contribution in [3.63, 3.8) is 0 Å². The van der Waals surface area contributed by atoms with Gasteiger partial charge in [0.2, 0.25) is 0 Å². The van der Waals surface area contributed by atoms with Gasteiger partial charge in [0.25, 0.3) is 5.91 Å². The normalized spacial score (nSPS) is 20.4. The summed E-state index contributed by atoms with van der Waals surface area (Å²) in [5.74, 6) is 1.20. The van der Waals surface area contributed by atoms with Crippen LogP contribution in [0.25, 0.3) is 0 Å². The Balaban J connectivity index is 2.09. The van der Waals surface area contributed by atoms with Crippen LogP contribution in [0.3, 0.4) is 0 Å². The van der Waals surface area contributed by atoms with E-state index in [1.165, 1.54) is 11.3 Å². The third-order valence-electron chi connectivity index (χ3n) is 3.18. The Kier molecular flexibility index (Phi) is 4.02. The zero-order valence-corrected chi connectivity index (χ0v) is 10.8. The van der Waals surface area contributed by atoms with Crippen molar-refractivity contribution in [3.05, 3.63) is 16.3 Å². The monoisotopic (exact) mass is 254 g/mol. The van der Waals surface area contributed by atoms with Gasteiger partial charge in [0, 0.05) is 13.1 Å². The van der Waals surface area contributed by atoms with Crippen LogP contribution in [-0.4, -0.2) is 37.6 Å². The molecule has 1 aromatic heterocycles. The average Bonchev–Trinajstić information content (AvgIpc) is 2.86. The van der Waals surface area contributed by atoms with Crippen LogP contribution in [0, 0.1) is 5.92 Å². The standard InChI is InChI=1S/C12H18N2O2S/c1-16-10-4-6-17-11(10)12(15)14-5-2-3-9(7-13)8-14/h4,6,9H,2-3,5,7-8,13H2,1H3. The molecular weight excluding hydrogens is 236 g/mol. The maximum atomic E-state index is 12.3. The summed E-state index contributed by atoms with van der Waals surface area (Å²) in [4.78, 5) is 14.9. The largest absolute Gasteiger partial charge is 0.495 e. The third kappa shape index (κ3) is 2.61. The summed E-state index contributed by atoms with van der Waals surface area (Å²) in [5, 5.41) is 1.89. The van der Waals surface area contributed by atoms with Gasteiger partial charge in [-0.05, 0) is 36.8 Å². The van der Waals surface area contributed by atoms with Gasteiger partial charge in [-0.2, -0.15) is 0 Å². The van der Waals surface area contributed by atoms with Gasteiger partial charge in [-0.1, -0.05) is 0 Å². The molecule has 1 aromatic rings. The third-order valence-corrected chi connectivity index (χ3v) is 4.07. The van der Waals surface area contributed by atoms with E-state index in [0.29, 0.717) is 23.1 Å². The summed E-state index contributed by atoms with van der Waals surface area (Å²) < 4.78 is 5.19. The maximum absolute atomic E-state index is 12.3. The fourth-order valence-corrected chi connectivity index (χ4v) is 3.02. The van der Waals surface area contributed by atoms with Gasteiger partial charge >= 0.3 is 0 Å². The highest BCUT2D eigenvalue weighted by atomic mass is 32.1. The van der Waals surface area contributed by atoms with Gasteiger partial charge in [-0.3, -0.25) is 4.79 Å². The number of hydrogen-bond donors (Lipinski definition) is 1. The van der Waals surface area contributed by atoms with E-state index >= 15 is 0 Å². The molecule has 0 spiro atoms. The first kappa shape index (κ1) is 12.4. The maximum Gasteiger partial charge on any atom is 0.267 e. The molecule has 0 saturated carbocycles. The van der Waals surface area contributed by atoms with E-state index in [1.807, 2.05) is 16.3 Å². The van der Waals surface area contributed by atoms with Crippen molar-refractivity contribution >= 4 is 17.2 Å². The molecule has 1 unspecified atom stereocenters. The number of carbonyl (C=O) groups is 1. The zero-order chi connectivity index (χ0) is 12.3. The number of amides is 1. The van der Waals surface area contributed by atoms with Crippen molar-refractivity contribution in [2.75, 3.05) is 26.7 Å². The molecule has 0 radical (unpaired) electrons. The Morgan fingerprint density at radius 3 is 3.24 bits per heavy atom. The lowest BCUT2D eigenvalue weighted by molar-refractivity contribution is 0.0680. The lowest BCUT2D eigenvalue weighted by atomic mass is 9.98. The quantitative estimate of drug-likeness (QED) is 0.890. The Labute approximate surface area is 105 Å². The van der Waals surface area contributed by atoms with Crippen LogP contribution in [0.4, 0.5) is 0 Å². The Morgan fingerprint density at radius 1 is 1.71 bits per heavy atom. The van der Waals surface area contributed by atoms with Crippen LogP contribution in [-0.2, 0) is 0 Å². The Bertz CT molecular complexity index is 392. The second-order valence-corrected chi connectivity index (χ2v) is 5.23. The predicted molar refractivity (Wildman–Crippen MR) is 68.6 cm³/mol. The summed E-state index contributed by atoms with van der Waals surface area (Å²) in [6.45, 7) is 2.26. The fourth-order valence-electron chi connectivity index (χ4n) is 2.20. The summed E-state index contributed by atoms with van der Waals surface area (Å²) in [5.41, 5.74) is 5.68. The number of piperidine rings is 1.